The van der Waals surface area contributed by atoms with Crippen molar-refractivity contribution in [1.82, 2.24) is 16.0 Å². The number of carbonyl (C=O) groups excluding carboxylic acids is 1. The van der Waals surface area contributed by atoms with Gasteiger partial charge in [-0.05, 0) is 66.4 Å². The average molecular weight is 549 g/mol. The molecule has 0 saturated heterocycles. The molecular formula is C29H39Cl2N3O3. The van der Waals surface area contributed by atoms with Crippen LogP contribution in [0.3, 0.4) is 0 Å². The summed E-state index contributed by atoms with van der Waals surface area (Å²) in [5.41, 5.74) is 3.47. The lowest BCUT2D eigenvalue weighted by Crippen LogP contribution is -2.37. The molecule has 0 aliphatic heterocycles. The van der Waals surface area contributed by atoms with Gasteiger partial charge in [0, 0.05) is 34.9 Å². The monoisotopic (exact) mass is 547 g/mol. The van der Waals surface area contributed by atoms with E-state index in [0.717, 1.165) is 34.9 Å². The lowest BCUT2D eigenvalue weighted by molar-refractivity contribution is 0.0806. The van der Waals surface area contributed by atoms with Gasteiger partial charge < -0.3 is 25.4 Å². The van der Waals surface area contributed by atoms with Crippen molar-refractivity contribution in [3.05, 3.63) is 75.8 Å². The second-order valence-corrected chi connectivity index (χ2v) is 10.5. The maximum Gasteiger partial charge on any atom is 0.406 e. The summed E-state index contributed by atoms with van der Waals surface area (Å²) in [4.78, 5) is 11.4. The van der Waals surface area contributed by atoms with Crippen molar-refractivity contribution in [1.29, 1.82) is 0 Å². The molecule has 0 radical (unpaired) electrons. The molecule has 8 heteroatoms. The van der Waals surface area contributed by atoms with Crippen molar-refractivity contribution in [3.8, 4) is 0 Å². The summed E-state index contributed by atoms with van der Waals surface area (Å²) >= 11 is 12.8. The molecule has 3 N–H and O–H groups in total. The first-order valence-corrected chi connectivity index (χ1v) is 13.7. The molecule has 2 aromatic carbocycles. The van der Waals surface area contributed by atoms with Crippen LogP contribution in [0.25, 0.3) is 5.70 Å². The summed E-state index contributed by atoms with van der Waals surface area (Å²) in [6.45, 7) is 5.66. The molecule has 1 unspecified atom stereocenters. The van der Waals surface area contributed by atoms with Gasteiger partial charge in [-0.25, -0.2) is 4.79 Å². The molecule has 3 rings (SSSR count). The topological polar surface area (TPSA) is 71.6 Å². The highest BCUT2D eigenvalue weighted by Gasteiger charge is 2.20. The van der Waals surface area contributed by atoms with Crippen molar-refractivity contribution in [2.75, 3.05) is 33.9 Å². The minimum atomic E-state index is -0.501. The Hall–Kier alpha value is -2.25. The number of halogens is 2. The van der Waals surface area contributed by atoms with Crippen LogP contribution in [0.1, 0.15) is 61.3 Å². The Kier molecular flexibility index (Phi) is 12.1. The maximum atomic E-state index is 11.4. The van der Waals surface area contributed by atoms with Gasteiger partial charge in [0.15, 0.2) is 0 Å². The van der Waals surface area contributed by atoms with E-state index in [4.69, 9.17) is 27.9 Å². The van der Waals surface area contributed by atoms with Crippen molar-refractivity contribution < 1.29 is 14.3 Å². The van der Waals surface area contributed by atoms with E-state index in [1.807, 2.05) is 49.5 Å². The van der Waals surface area contributed by atoms with E-state index < -0.39 is 12.2 Å². The van der Waals surface area contributed by atoms with Crippen molar-refractivity contribution in [2.24, 2.45) is 5.92 Å². The number of nitrogens with one attached hydrogen (secondary N) is 3. The predicted octanol–water partition coefficient (Wildman–Crippen LogP) is 6.57. The second-order valence-electron chi connectivity index (χ2n) is 9.58. The lowest BCUT2D eigenvalue weighted by atomic mass is 9.85. The molecule has 0 bridgehead atoms. The van der Waals surface area contributed by atoms with E-state index in [1.165, 1.54) is 45.6 Å². The van der Waals surface area contributed by atoms with Gasteiger partial charge in [-0.15, -0.1) is 0 Å². The molecular weight excluding hydrogens is 509 g/mol. The Morgan fingerprint density at radius 2 is 1.81 bits per heavy atom. The van der Waals surface area contributed by atoms with E-state index >= 15 is 0 Å². The van der Waals surface area contributed by atoms with Crippen molar-refractivity contribution >= 4 is 35.0 Å². The summed E-state index contributed by atoms with van der Waals surface area (Å²) in [5.74, 6) is 0.795. The number of likely N-dealkylation sites (N-methyl/N-ethyl adjacent to an activating group) is 1. The minimum Gasteiger partial charge on any atom is -0.453 e. The summed E-state index contributed by atoms with van der Waals surface area (Å²) in [5, 5.41) is 10.8. The highest BCUT2D eigenvalue weighted by molar-refractivity contribution is 6.31. The summed E-state index contributed by atoms with van der Waals surface area (Å²) < 4.78 is 10.8. The number of ether oxygens (including phenoxy) is 2. The quantitative estimate of drug-likeness (QED) is 0.247. The first kappa shape index (κ1) is 29.3. The van der Waals surface area contributed by atoms with Crippen LogP contribution < -0.4 is 16.0 Å². The van der Waals surface area contributed by atoms with E-state index in [2.05, 4.69) is 27.3 Å². The Bertz CT molecular complexity index is 1030. The molecule has 1 aliphatic rings. The molecule has 1 aliphatic carbocycles. The first-order chi connectivity index (χ1) is 17.9. The van der Waals surface area contributed by atoms with Crippen LogP contribution in [0.5, 0.6) is 0 Å². The largest absolute Gasteiger partial charge is 0.453 e. The number of benzene rings is 2. The number of hydrogen-bond acceptors (Lipinski definition) is 5. The molecule has 6 nitrogen and oxygen atoms in total. The SMILES string of the molecule is C=C(NCC(CC1CCCCC1)NC)c1cc(Cl)cc([C@@H](OCCNC(=O)OC)c2cccc(Cl)c2)c1. The van der Waals surface area contributed by atoms with E-state index in [9.17, 15) is 4.79 Å². The Morgan fingerprint density at radius 3 is 2.51 bits per heavy atom. The molecule has 1 amide bonds. The third-order valence-electron chi connectivity index (χ3n) is 6.88. The third-order valence-corrected chi connectivity index (χ3v) is 7.33. The van der Waals surface area contributed by atoms with Crippen LogP contribution in [0.15, 0.2) is 49.0 Å². The van der Waals surface area contributed by atoms with Gasteiger partial charge in [-0.1, -0.05) is 74.0 Å². The summed E-state index contributed by atoms with van der Waals surface area (Å²) in [6.07, 6.45) is 6.96. The predicted molar refractivity (Wildman–Crippen MR) is 152 cm³/mol. The van der Waals surface area contributed by atoms with Gasteiger partial charge in [0.2, 0.25) is 0 Å². The highest BCUT2D eigenvalue weighted by Crippen LogP contribution is 2.32. The van der Waals surface area contributed by atoms with Gasteiger partial charge in [0.05, 0.1) is 13.7 Å². The molecule has 0 spiro atoms. The number of rotatable bonds is 13. The lowest BCUT2D eigenvalue weighted by Gasteiger charge is -2.27. The van der Waals surface area contributed by atoms with Gasteiger partial charge in [-0.3, -0.25) is 0 Å². The summed E-state index contributed by atoms with van der Waals surface area (Å²) in [6, 6.07) is 13.7. The Balaban J connectivity index is 1.71. The second kappa shape index (κ2) is 15.2. The smallest absolute Gasteiger partial charge is 0.406 e. The molecule has 1 saturated carbocycles. The van der Waals surface area contributed by atoms with Crippen LogP contribution in [0.2, 0.25) is 10.0 Å². The van der Waals surface area contributed by atoms with Crippen LogP contribution in [-0.2, 0) is 9.47 Å². The van der Waals surface area contributed by atoms with Gasteiger partial charge in [0.1, 0.15) is 6.10 Å². The van der Waals surface area contributed by atoms with Crippen LogP contribution in [-0.4, -0.2) is 46.0 Å². The fraction of sp³-hybridized carbons (Fsp3) is 0.483. The number of carbonyl (C=O) groups is 1. The fourth-order valence-electron chi connectivity index (χ4n) is 4.87. The number of methoxy groups -OCH3 is 1. The van der Waals surface area contributed by atoms with Gasteiger partial charge >= 0.3 is 6.09 Å². The first-order valence-electron chi connectivity index (χ1n) is 13.0. The standard InChI is InChI=1S/C29H39Cl2N3O3/c1-20(34-19-27(32-2)14-21-8-5-4-6-9-21)23-15-24(18-26(31)17-23)28(22-10-7-11-25(30)16-22)37-13-12-33-29(35)36-3/h7,10-11,15-18,21,27-28,32,34H,1,4-6,8-9,12-14,19H2,2-3H3,(H,33,35)/t27?,28-/m0/s1. The normalized spacial score (nSPS) is 15.6. The minimum absolute atomic E-state index is 0.276. The molecule has 0 heterocycles. The molecule has 0 aromatic heterocycles. The fourth-order valence-corrected chi connectivity index (χ4v) is 5.31. The third kappa shape index (κ3) is 9.53. The van der Waals surface area contributed by atoms with Crippen LogP contribution >= 0.6 is 23.2 Å². The molecule has 2 aromatic rings. The van der Waals surface area contributed by atoms with E-state index in [1.54, 1.807) is 0 Å². The maximum absolute atomic E-state index is 11.4. The molecule has 2 atom stereocenters. The number of alkyl carbamates (subject to hydrolysis) is 1. The molecule has 202 valence electrons. The van der Waals surface area contributed by atoms with Crippen LogP contribution in [0, 0.1) is 5.92 Å². The number of amides is 1. The van der Waals surface area contributed by atoms with E-state index in [-0.39, 0.29) is 6.61 Å². The zero-order valence-electron chi connectivity index (χ0n) is 21.8. The van der Waals surface area contributed by atoms with Crippen LogP contribution in [0.4, 0.5) is 4.79 Å². The van der Waals surface area contributed by atoms with Gasteiger partial charge in [0.25, 0.3) is 0 Å². The molecule has 37 heavy (non-hydrogen) atoms. The molecule has 1 fully saturated rings. The summed E-state index contributed by atoms with van der Waals surface area (Å²) in [7, 11) is 3.35. The zero-order valence-corrected chi connectivity index (χ0v) is 23.3. The average Bonchev–Trinajstić information content (AvgIpc) is 2.90. The van der Waals surface area contributed by atoms with Crippen molar-refractivity contribution in [3.63, 3.8) is 0 Å². The zero-order chi connectivity index (χ0) is 26.6. The van der Waals surface area contributed by atoms with Gasteiger partial charge in [-0.2, -0.15) is 0 Å². The Morgan fingerprint density at radius 1 is 1.05 bits per heavy atom. The van der Waals surface area contributed by atoms with E-state index in [0.29, 0.717) is 22.6 Å². The Labute approximate surface area is 231 Å². The number of hydrogen-bond donors (Lipinski definition) is 3. The van der Waals surface area contributed by atoms with Crippen molar-refractivity contribution in [2.45, 2.75) is 50.7 Å². The highest BCUT2D eigenvalue weighted by atomic mass is 35.5.